The van der Waals surface area contributed by atoms with E-state index in [1.165, 1.54) is 0 Å². The average molecular weight is 257 g/mol. The second-order valence-corrected chi connectivity index (χ2v) is 3.84. The van der Waals surface area contributed by atoms with E-state index in [1.807, 2.05) is 31.2 Å². The molecule has 0 spiro atoms. The SMILES string of the molecule is CC[C@H](N)C(=O)Nc1ccccc1Br. The molecule has 3 N–H and O–H groups in total. The number of hydrogen-bond donors (Lipinski definition) is 2. The molecule has 1 aromatic rings. The number of anilines is 1. The van der Waals surface area contributed by atoms with Crippen molar-refractivity contribution < 1.29 is 4.79 Å². The van der Waals surface area contributed by atoms with Crippen molar-refractivity contribution in [1.29, 1.82) is 0 Å². The van der Waals surface area contributed by atoms with Crippen molar-refractivity contribution in [2.24, 2.45) is 5.73 Å². The van der Waals surface area contributed by atoms with Crippen molar-refractivity contribution in [1.82, 2.24) is 0 Å². The number of para-hydroxylation sites is 1. The number of hydrogen-bond acceptors (Lipinski definition) is 2. The van der Waals surface area contributed by atoms with E-state index in [9.17, 15) is 4.79 Å². The summed E-state index contributed by atoms with van der Waals surface area (Å²) in [6, 6.07) is 7.00. The van der Waals surface area contributed by atoms with Crippen LogP contribution in [0.1, 0.15) is 13.3 Å². The van der Waals surface area contributed by atoms with Gasteiger partial charge >= 0.3 is 0 Å². The first-order chi connectivity index (χ1) is 6.65. The summed E-state index contributed by atoms with van der Waals surface area (Å²) in [5, 5.41) is 2.75. The van der Waals surface area contributed by atoms with Gasteiger partial charge in [-0.2, -0.15) is 0 Å². The lowest BCUT2D eigenvalue weighted by Gasteiger charge is -2.10. The Hall–Kier alpha value is -0.870. The van der Waals surface area contributed by atoms with Crippen LogP contribution in [0.5, 0.6) is 0 Å². The molecule has 0 fully saturated rings. The van der Waals surface area contributed by atoms with E-state index in [1.54, 1.807) is 0 Å². The molecule has 1 amide bonds. The molecule has 0 unspecified atom stereocenters. The first kappa shape index (κ1) is 11.2. The van der Waals surface area contributed by atoms with E-state index < -0.39 is 6.04 Å². The van der Waals surface area contributed by atoms with Gasteiger partial charge in [-0.1, -0.05) is 19.1 Å². The number of halogens is 1. The normalized spacial score (nSPS) is 12.2. The average Bonchev–Trinajstić information content (AvgIpc) is 2.20. The van der Waals surface area contributed by atoms with Gasteiger partial charge in [0.1, 0.15) is 0 Å². The first-order valence-electron chi connectivity index (χ1n) is 4.46. The van der Waals surface area contributed by atoms with Crippen molar-refractivity contribution >= 4 is 27.5 Å². The van der Waals surface area contributed by atoms with Gasteiger partial charge in [0.25, 0.3) is 0 Å². The number of amides is 1. The number of rotatable bonds is 3. The predicted molar refractivity (Wildman–Crippen MR) is 61.0 cm³/mol. The molecule has 1 atom stereocenters. The van der Waals surface area contributed by atoms with Crippen molar-refractivity contribution in [3.8, 4) is 0 Å². The Morgan fingerprint density at radius 3 is 2.79 bits per heavy atom. The molecule has 0 aliphatic heterocycles. The van der Waals surface area contributed by atoms with Crippen LogP contribution < -0.4 is 11.1 Å². The molecule has 14 heavy (non-hydrogen) atoms. The fourth-order valence-corrected chi connectivity index (χ4v) is 1.36. The minimum absolute atomic E-state index is 0.153. The monoisotopic (exact) mass is 256 g/mol. The smallest absolute Gasteiger partial charge is 0.241 e. The molecule has 0 radical (unpaired) electrons. The molecule has 3 nitrogen and oxygen atoms in total. The maximum atomic E-state index is 11.4. The summed E-state index contributed by atoms with van der Waals surface area (Å²) in [6.45, 7) is 1.88. The zero-order valence-corrected chi connectivity index (χ0v) is 9.54. The lowest BCUT2D eigenvalue weighted by atomic mass is 10.2. The van der Waals surface area contributed by atoms with Gasteiger partial charge in [-0.15, -0.1) is 0 Å². The van der Waals surface area contributed by atoms with Crippen LogP contribution in [0.15, 0.2) is 28.7 Å². The molecule has 0 aliphatic rings. The number of nitrogens with two attached hydrogens (primary N) is 1. The van der Waals surface area contributed by atoms with Crippen LogP contribution in [-0.4, -0.2) is 11.9 Å². The largest absolute Gasteiger partial charge is 0.324 e. The van der Waals surface area contributed by atoms with Gasteiger partial charge in [0.15, 0.2) is 0 Å². The van der Waals surface area contributed by atoms with E-state index in [4.69, 9.17) is 5.73 Å². The highest BCUT2D eigenvalue weighted by atomic mass is 79.9. The van der Waals surface area contributed by atoms with E-state index in [2.05, 4.69) is 21.2 Å². The summed E-state index contributed by atoms with van der Waals surface area (Å²) in [4.78, 5) is 11.4. The maximum absolute atomic E-state index is 11.4. The molecule has 0 aromatic heterocycles. The minimum Gasteiger partial charge on any atom is -0.324 e. The van der Waals surface area contributed by atoms with Gasteiger partial charge in [0, 0.05) is 4.47 Å². The third-order valence-corrected chi connectivity index (χ3v) is 2.60. The zero-order chi connectivity index (χ0) is 10.6. The van der Waals surface area contributed by atoms with E-state index >= 15 is 0 Å². The number of nitrogens with one attached hydrogen (secondary N) is 1. The van der Waals surface area contributed by atoms with Gasteiger partial charge in [-0.25, -0.2) is 0 Å². The van der Waals surface area contributed by atoms with Crippen molar-refractivity contribution in [2.45, 2.75) is 19.4 Å². The van der Waals surface area contributed by atoms with Crippen molar-refractivity contribution in [2.75, 3.05) is 5.32 Å². The third-order valence-electron chi connectivity index (χ3n) is 1.91. The van der Waals surface area contributed by atoms with E-state index in [0.717, 1.165) is 10.2 Å². The minimum atomic E-state index is -0.442. The van der Waals surface area contributed by atoms with Crippen LogP contribution in [0, 0.1) is 0 Å². The maximum Gasteiger partial charge on any atom is 0.241 e. The molecular weight excluding hydrogens is 244 g/mol. The Balaban J connectivity index is 2.70. The molecular formula is C10H13BrN2O. The molecule has 0 saturated carbocycles. The van der Waals surface area contributed by atoms with Crippen LogP contribution in [0.4, 0.5) is 5.69 Å². The van der Waals surface area contributed by atoms with E-state index in [0.29, 0.717) is 6.42 Å². The lowest BCUT2D eigenvalue weighted by molar-refractivity contribution is -0.117. The molecule has 0 aliphatic carbocycles. The molecule has 1 rings (SSSR count). The van der Waals surface area contributed by atoms with Crippen molar-refractivity contribution in [3.63, 3.8) is 0 Å². The summed E-state index contributed by atoms with van der Waals surface area (Å²) in [5.74, 6) is -0.153. The summed E-state index contributed by atoms with van der Waals surface area (Å²) in [5.41, 5.74) is 6.34. The Morgan fingerprint density at radius 2 is 2.21 bits per heavy atom. The van der Waals surface area contributed by atoms with E-state index in [-0.39, 0.29) is 5.91 Å². The van der Waals surface area contributed by atoms with Crippen LogP contribution in [0.2, 0.25) is 0 Å². The highest BCUT2D eigenvalue weighted by molar-refractivity contribution is 9.10. The number of carbonyl (C=O) groups is 1. The fourth-order valence-electron chi connectivity index (χ4n) is 0.973. The second-order valence-electron chi connectivity index (χ2n) is 2.98. The number of benzene rings is 1. The highest BCUT2D eigenvalue weighted by Crippen LogP contribution is 2.21. The molecule has 0 bridgehead atoms. The standard InChI is InChI=1S/C10H13BrN2O/c1-2-8(12)10(14)13-9-6-4-3-5-7(9)11/h3-6,8H,2,12H2,1H3,(H,13,14)/t8-/m0/s1. The first-order valence-corrected chi connectivity index (χ1v) is 5.25. The van der Waals surface area contributed by atoms with Crippen molar-refractivity contribution in [3.05, 3.63) is 28.7 Å². The Morgan fingerprint density at radius 1 is 1.57 bits per heavy atom. The predicted octanol–water partition coefficient (Wildman–Crippen LogP) is 2.12. The van der Waals surface area contributed by atoms with Gasteiger partial charge in [0.05, 0.1) is 11.7 Å². The molecule has 76 valence electrons. The van der Waals surface area contributed by atoms with Gasteiger partial charge in [-0.05, 0) is 34.5 Å². The van der Waals surface area contributed by atoms with Crippen LogP contribution >= 0.6 is 15.9 Å². The third kappa shape index (κ3) is 2.82. The molecule has 1 aromatic carbocycles. The zero-order valence-electron chi connectivity index (χ0n) is 7.96. The number of carbonyl (C=O) groups excluding carboxylic acids is 1. The van der Waals surface area contributed by atoms with Crippen LogP contribution in [0.3, 0.4) is 0 Å². The second kappa shape index (κ2) is 5.12. The summed E-state index contributed by atoms with van der Waals surface area (Å²) >= 11 is 3.34. The summed E-state index contributed by atoms with van der Waals surface area (Å²) in [7, 11) is 0. The lowest BCUT2D eigenvalue weighted by Crippen LogP contribution is -2.34. The molecule has 0 heterocycles. The fraction of sp³-hybridized carbons (Fsp3) is 0.300. The Kier molecular flexibility index (Phi) is 4.10. The summed E-state index contributed by atoms with van der Waals surface area (Å²) < 4.78 is 0.858. The molecule has 0 saturated heterocycles. The quantitative estimate of drug-likeness (QED) is 0.871. The van der Waals surface area contributed by atoms with Gasteiger partial charge in [-0.3, -0.25) is 4.79 Å². The highest BCUT2D eigenvalue weighted by Gasteiger charge is 2.11. The Labute approximate surface area is 91.8 Å². The topological polar surface area (TPSA) is 55.1 Å². The van der Waals surface area contributed by atoms with Gasteiger partial charge in [0.2, 0.25) is 5.91 Å². The summed E-state index contributed by atoms with van der Waals surface area (Å²) in [6.07, 6.45) is 0.635. The molecule has 4 heteroatoms. The van der Waals surface area contributed by atoms with Crippen LogP contribution in [0.25, 0.3) is 0 Å². The van der Waals surface area contributed by atoms with Gasteiger partial charge < -0.3 is 11.1 Å². The Bertz CT molecular complexity index is 328. The van der Waals surface area contributed by atoms with Crippen LogP contribution in [-0.2, 0) is 4.79 Å².